The normalized spacial score (nSPS) is 14.4. The van der Waals surface area contributed by atoms with Crippen molar-refractivity contribution in [2.45, 2.75) is 12.6 Å². The summed E-state index contributed by atoms with van der Waals surface area (Å²) in [4.78, 5) is 17.6. The summed E-state index contributed by atoms with van der Waals surface area (Å²) in [6.07, 6.45) is 0.913. The molecule has 1 atom stereocenters. The van der Waals surface area contributed by atoms with E-state index in [9.17, 15) is 18.0 Å². The molecular weight excluding hydrogens is 245 g/mol. The Balaban J connectivity index is 2.80. The summed E-state index contributed by atoms with van der Waals surface area (Å²) in [5, 5.41) is 0. The van der Waals surface area contributed by atoms with Crippen molar-refractivity contribution < 1.29 is 13.2 Å². The summed E-state index contributed by atoms with van der Waals surface area (Å²) in [5.74, 6) is -2.23. The van der Waals surface area contributed by atoms with Gasteiger partial charge in [-0.25, -0.2) is 18.2 Å². The molecule has 1 unspecified atom stereocenters. The van der Waals surface area contributed by atoms with E-state index < -0.39 is 28.6 Å². The number of hydrogen-bond acceptors (Lipinski definition) is 2. The second kappa shape index (κ2) is 3.97. The van der Waals surface area contributed by atoms with E-state index in [-0.39, 0.29) is 11.0 Å². The first kappa shape index (κ1) is 12.3. The molecule has 0 aliphatic carbocycles. The highest BCUT2D eigenvalue weighted by Gasteiger charge is 2.27. The molecule has 18 heavy (non-hydrogen) atoms. The molecule has 0 aliphatic rings. The van der Waals surface area contributed by atoms with Gasteiger partial charge in [0, 0.05) is 12.1 Å². The van der Waals surface area contributed by atoms with Crippen molar-refractivity contribution in [1.29, 1.82) is 0 Å². The van der Waals surface area contributed by atoms with Crippen molar-refractivity contribution in [2.24, 2.45) is 0 Å². The standard InChI is InChI=1S/C12H9F3N2O/c1-3-12(2,15)10-11(18)17-9-5-7(14)6(13)4-8(9)16-10/h3-5H,1H2,2H3,(H,17,18). The number of benzene rings is 1. The van der Waals surface area contributed by atoms with Crippen LogP contribution < -0.4 is 5.56 Å². The molecule has 1 aromatic carbocycles. The van der Waals surface area contributed by atoms with E-state index in [2.05, 4.69) is 16.5 Å². The molecule has 2 rings (SSSR count). The number of hydrogen-bond donors (Lipinski definition) is 1. The van der Waals surface area contributed by atoms with E-state index in [1.165, 1.54) is 0 Å². The Morgan fingerprint density at radius 3 is 2.61 bits per heavy atom. The minimum Gasteiger partial charge on any atom is -0.319 e. The van der Waals surface area contributed by atoms with Crippen LogP contribution in [0.15, 0.2) is 29.6 Å². The fraction of sp³-hybridized carbons (Fsp3) is 0.167. The average Bonchev–Trinajstić information content (AvgIpc) is 2.30. The molecule has 0 aliphatic heterocycles. The predicted molar refractivity (Wildman–Crippen MR) is 60.9 cm³/mol. The lowest BCUT2D eigenvalue weighted by Gasteiger charge is -2.13. The van der Waals surface area contributed by atoms with Crippen LogP contribution in [0.4, 0.5) is 13.2 Å². The second-order valence-electron chi connectivity index (χ2n) is 3.98. The minimum absolute atomic E-state index is 0.00233. The number of nitrogens with zero attached hydrogens (tertiary/aromatic N) is 1. The monoisotopic (exact) mass is 254 g/mol. The fourth-order valence-electron chi connectivity index (χ4n) is 1.51. The molecule has 0 amide bonds. The highest BCUT2D eigenvalue weighted by molar-refractivity contribution is 5.74. The molecule has 0 fully saturated rings. The maximum Gasteiger partial charge on any atom is 0.273 e. The first-order chi connectivity index (χ1) is 8.35. The van der Waals surface area contributed by atoms with Gasteiger partial charge in [-0.3, -0.25) is 4.79 Å². The first-order valence-corrected chi connectivity index (χ1v) is 5.07. The molecule has 3 nitrogen and oxygen atoms in total. The predicted octanol–water partition coefficient (Wildman–Crippen LogP) is 2.57. The molecule has 1 N–H and O–H groups in total. The summed E-state index contributed by atoms with van der Waals surface area (Å²) < 4.78 is 40.0. The van der Waals surface area contributed by atoms with Gasteiger partial charge in [0.2, 0.25) is 0 Å². The lowest BCUT2D eigenvalue weighted by atomic mass is 10.1. The average molecular weight is 254 g/mol. The lowest BCUT2D eigenvalue weighted by Crippen LogP contribution is -2.26. The van der Waals surface area contributed by atoms with E-state index in [4.69, 9.17) is 0 Å². The van der Waals surface area contributed by atoms with Gasteiger partial charge < -0.3 is 4.98 Å². The maximum absolute atomic E-state index is 14.0. The van der Waals surface area contributed by atoms with Crippen molar-refractivity contribution in [3.05, 3.63) is 52.5 Å². The van der Waals surface area contributed by atoms with Crippen LogP contribution in [0.2, 0.25) is 0 Å². The van der Waals surface area contributed by atoms with E-state index in [1.807, 2.05) is 0 Å². The van der Waals surface area contributed by atoms with Crippen LogP contribution in [0.25, 0.3) is 11.0 Å². The summed E-state index contributed by atoms with van der Waals surface area (Å²) in [6, 6.07) is 1.59. The maximum atomic E-state index is 14.0. The molecule has 1 aromatic heterocycles. The molecule has 94 valence electrons. The highest BCUT2D eigenvalue weighted by atomic mass is 19.2. The topological polar surface area (TPSA) is 45.8 Å². The van der Waals surface area contributed by atoms with E-state index in [0.717, 1.165) is 25.1 Å². The van der Waals surface area contributed by atoms with Crippen molar-refractivity contribution in [3.63, 3.8) is 0 Å². The number of aromatic nitrogens is 2. The Morgan fingerprint density at radius 1 is 1.39 bits per heavy atom. The molecule has 2 aromatic rings. The molecule has 0 saturated carbocycles. The van der Waals surface area contributed by atoms with Crippen LogP contribution in [0.1, 0.15) is 12.6 Å². The largest absolute Gasteiger partial charge is 0.319 e. The third-order valence-corrected chi connectivity index (χ3v) is 2.58. The molecule has 0 saturated heterocycles. The number of aromatic amines is 1. The second-order valence-corrected chi connectivity index (χ2v) is 3.98. The lowest BCUT2D eigenvalue weighted by molar-refractivity contribution is 0.254. The molecule has 0 radical (unpaired) electrons. The van der Waals surface area contributed by atoms with Crippen LogP contribution >= 0.6 is 0 Å². The van der Waals surface area contributed by atoms with Gasteiger partial charge in [0.05, 0.1) is 11.0 Å². The SMILES string of the molecule is C=CC(C)(F)c1nc2cc(F)c(F)cc2[nH]c1=O. The number of rotatable bonds is 2. The van der Waals surface area contributed by atoms with Crippen LogP contribution in [0.3, 0.4) is 0 Å². The first-order valence-electron chi connectivity index (χ1n) is 5.07. The fourth-order valence-corrected chi connectivity index (χ4v) is 1.51. The van der Waals surface area contributed by atoms with Crippen molar-refractivity contribution in [3.8, 4) is 0 Å². The molecular formula is C12H9F3N2O. The quantitative estimate of drug-likeness (QED) is 0.837. The van der Waals surface area contributed by atoms with E-state index >= 15 is 0 Å². The Kier molecular flexibility index (Phi) is 2.73. The van der Waals surface area contributed by atoms with Crippen LogP contribution in [0, 0.1) is 11.6 Å². The molecule has 6 heteroatoms. The van der Waals surface area contributed by atoms with Crippen molar-refractivity contribution >= 4 is 11.0 Å². The molecule has 0 bridgehead atoms. The zero-order valence-corrected chi connectivity index (χ0v) is 9.43. The Morgan fingerprint density at radius 2 is 2.00 bits per heavy atom. The van der Waals surface area contributed by atoms with Gasteiger partial charge in [0.15, 0.2) is 17.3 Å². The number of nitrogens with one attached hydrogen (secondary N) is 1. The number of fused-ring (bicyclic) bond motifs is 1. The van der Waals surface area contributed by atoms with Gasteiger partial charge in [0.25, 0.3) is 5.56 Å². The summed E-state index contributed by atoms with van der Waals surface area (Å²) in [6.45, 7) is 4.36. The number of alkyl halides is 1. The van der Waals surface area contributed by atoms with Gasteiger partial charge >= 0.3 is 0 Å². The summed E-state index contributed by atoms with van der Waals surface area (Å²) in [7, 11) is 0. The Bertz CT molecular complexity index is 692. The van der Waals surface area contributed by atoms with Crippen LogP contribution in [-0.4, -0.2) is 9.97 Å². The van der Waals surface area contributed by atoms with Gasteiger partial charge in [-0.05, 0) is 13.0 Å². The van der Waals surface area contributed by atoms with Crippen LogP contribution in [0.5, 0.6) is 0 Å². The van der Waals surface area contributed by atoms with Gasteiger partial charge in [-0.2, -0.15) is 0 Å². The summed E-state index contributed by atoms with van der Waals surface area (Å²) in [5.41, 5.74) is -3.43. The number of allylic oxidation sites excluding steroid dienone is 1. The minimum atomic E-state index is -2.15. The zero-order chi connectivity index (χ0) is 13.5. The van der Waals surface area contributed by atoms with Crippen LogP contribution in [-0.2, 0) is 5.67 Å². The third kappa shape index (κ3) is 1.90. The zero-order valence-electron chi connectivity index (χ0n) is 9.43. The van der Waals surface area contributed by atoms with Gasteiger partial charge in [-0.1, -0.05) is 6.58 Å². The highest BCUT2D eigenvalue weighted by Crippen LogP contribution is 2.23. The van der Waals surface area contributed by atoms with Gasteiger partial charge in [-0.15, -0.1) is 0 Å². The van der Waals surface area contributed by atoms with Gasteiger partial charge in [0.1, 0.15) is 5.69 Å². The number of halogens is 3. The third-order valence-electron chi connectivity index (χ3n) is 2.58. The Labute approximate surface area is 100.0 Å². The smallest absolute Gasteiger partial charge is 0.273 e. The molecule has 0 spiro atoms. The van der Waals surface area contributed by atoms with E-state index in [1.54, 1.807) is 0 Å². The molecule has 1 heterocycles. The number of H-pyrrole nitrogens is 1. The summed E-state index contributed by atoms with van der Waals surface area (Å²) >= 11 is 0. The van der Waals surface area contributed by atoms with E-state index in [0.29, 0.717) is 0 Å². The Hall–Kier alpha value is -2.11. The van der Waals surface area contributed by atoms with Crippen molar-refractivity contribution in [2.75, 3.05) is 0 Å². The van der Waals surface area contributed by atoms with Crippen molar-refractivity contribution in [1.82, 2.24) is 9.97 Å².